The van der Waals surface area contributed by atoms with Crippen LogP contribution in [0.3, 0.4) is 0 Å². The Morgan fingerprint density at radius 3 is 2.86 bits per heavy atom. The number of likely N-dealkylation sites (N-methyl/N-ethyl adjacent to an activating group) is 1. The number of aryl methyl sites for hydroxylation is 1. The lowest BCUT2D eigenvalue weighted by Crippen LogP contribution is -2.35. The lowest BCUT2D eigenvalue weighted by molar-refractivity contribution is -0.126. The van der Waals surface area contributed by atoms with Crippen LogP contribution in [-0.4, -0.2) is 63.9 Å². The maximum atomic E-state index is 13.2. The monoisotopic (exact) mass is 522 g/mol. The highest BCUT2D eigenvalue weighted by atomic mass is 35.5. The van der Waals surface area contributed by atoms with E-state index in [-0.39, 0.29) is 30.4 Å². The molecule has 1 fully saturated rings. The Morgan fingerprint density at radius 1 is 1.30 bits per heavy atom. The number of amides is 3. The van der Waals surface area contributed by atoms with Crippen molar-refractivity contribution in [2.75, 3.05) is 37.0 Å². The van der Waals surface area contributed by atoms with E-state index in [1.165, 1.54) is 11.0 Å². The predicted octanol–water partition coefficient (Wildman–Crippen LogP) is 3.74. The summed E-state index contributed by atoms with van der Waals surface area (Å²) in [5.74, 6) is -0.0233. The molecule has 3 aromatic rings. The van der Waals surface area contributed by atoms with Crippen molar-refractivity contribution in [3.05, 3.63) is 53.3 Å². The number of halogens is 1. The number of pyridine rings is 1. The van der Waals surface area contributed by atoms with Crippen molar-refractivity contribution in [3.63, 3.8) is 0 Å². The van der Waals surface area contributed by atoms with E-state index in [0.29, 0.717) is 57.8 Å². The molecule has 10 nitrogen and oxygen atoms in total. The number of hydrogen-bond acceptors (Lipinski definition) is 6. The summed E-state index contributed by atoms with van der Waals surface area (Å²) in [4.78, 5) is 50.1. The van der Waals surface area contributed by atoms with Crippen LogP contribution in [0.4, 0.5) is 11.6 Å². The Bertz CT molecular complexity index is 1430. The first-order valence-corrected chi connectivity index (χ1v) is 12.5. The summed E-state index contributed by atoms with van der Waals surface area (Å²) in [7, 11) is 1.65. The first kappa shape index (κ1) is 24.8. The number of imidazole rings is 1. The molecule has 0 unspecified atom stereocenters. The molecule has 192 valence electrons. The fraction of sp³-hybridized carbons (Fsp3) is 0.346. The number of nitrogens with one attached hydrogen (secondary N) is 1. The van der Waals surface area contributed by atoms with Gasteiger partial charge in [-0.15, -0.1) is 0 Å². The lowest BCUT2D eigenvalue weighted by Gasteiger charge is -2.28. The zero-order chi connectivity index (χ0) is 26.3. The average Bonchev–Trinajstić information content (AvgIpc) is 3.06. The molecule has 5 rings (SSSR count). The Labute approximate surface area is 218 Å². The molecule has 37 heavy (non-hydrogen) atoms. The van der Waals surface area contributed by atoms with E-state index in [4.69, 9.17) is 21.3 Å². The minimum Gasteiger partial charge on any atom is -0.480 e. The van der Waals surface area contributed by atoms with Crippen LogP contribution in [0, 0.1) is 6.92 Å². The van der Waals surface area contributed by atoms with Crippen LogP contribution >= 0.6 is 11.6 Å². The quantitative estimate of drug-likeness (QED) is 0.523. The molecule has 1 saturated heterocycles. The standard InChI is InChI=1S/C26H27ClN6O4/c1-4-20(34)32-10-6-5-7-17(13-32)33-23-18(12-19-24(22(23)27)37-14-21(35)31(19)3)29-26(33)30-25(36)16-8-9-28-15(2)11-16/h4,8-9,11-12,17H,1,5-7,10,13-14H2,2-3H3,(H,29,30,36)/t17-/m1/s1. The van der Waals surface area contributed by atoms with E-state index in [1.54, 1.807) is 36.3 Å². The van der Waals surface area contributed by atoms with E-state index in [0.717, 1.165) is 19.3 Å². The molecule has 1 aromatic carbocycles. The molecule has 0 spiro atoms. The van der Waals surface area contributed by atoms with Gasteiger partial charge in [0, 0.05) is 37.6 Å². The fourth-order valence-corrected chi connectivity index (χ4v) is 5.24. The molecular formula is C26H27ClN6O4. The van der Waals surface area contributed by atoms with E-state index in [9.17, 15) is 14.4 Å². The molecule has 3 amide bonds. The highest BCUT2D eigenvalue weighted by molar-refractivity contribution is 6.37. The molecule has 11 heteroatoms. The molecular weight excluding hydrogens is 496 g/mol. The number of carbonyl (C=O) groups excluding carboxylic acids is 3. The number of aromatic nitrogens is 3. The van der Waals surface area contributed by atoms with Gasteiger partial charge in [-0.05, 0) is 50.5 Å². The third kappa shape index (κ3) is 4.53. The van der Waals surface area contributed by atoms with Crippen molar-refractivity contribution < 1.29 is 19.1 Å². The van der Waals surface area contributed by atoms with Crippen molar-refractivity contribution in [3.8, 4) is 5.75 Å². The molecule has 0 aliphatic carbocycles. The predicted molar refractivity (Wildman–Crippen MR) is 140 cm³/mol. The maximum Gasteiger partial charge on any atom is 0.264 e. The fourth-order valence-electron chi connectivity index (χ4n) is 4.90. The number of anilines is 2. The number of likely N-dealkylation sites (tertiary alicyclic amines) is 1. The van der Waals surface area contributed by atoms with Crippen molar-refractivity contribution in [2.24, 2.45) is 0 Å². The van der Waals surface area contributed by atoms with Gasteiger partial charge in [-0.2, -0.15) is 0 Å². The topological polar surface area (TPSA) is 110 Å². The molecule has 1 N–H and O–H groups in total. The number of benzene rings is 1. The summed E-state index contributed by atoms with van der Waals surface area (Å²) in [6, 6.07) is 4.84. The Hall–Kier alpha value is -3.92. The molecule has 2 aliphatic rings. The van der Waals surface area contributed by atoms with Crippen LogP contribution < -0.4 is 15.0 Å². The van der Waals surface area contributed by atoms with Crippen LogP contribution in [0.2, 0.25) is 5.02 Å². The second-order valence-electron chi connectivity index (χ2n) is 9.23. The summed E-state index contributed by atoms with van der Waals surface area (Å²) < 4.78 is 7.61. The van der Waals surface area contributed by atoms with Gasteiger partial charge in [0.25, 0.3) is 11.8 Å². The van der Waals surface area contributed by atoms with Gasteiger partial charge in [-0.1, -0.05) is 18.2 Å². The molecule has 4 heterocycles. The van der Waals surface area contributed by atoms with E-state index < -0.39 is 0 Å². The zero-order valence-electron chi connectivity index (χ0n) is 20.7. The van der Waals surface area contributed by atoms with Crippen molar-refractivity contribution in [1.29, 1.82) is 0 Å². The Kier molecular flexibility index (Phi) is 6.59. The summed E-state index contributed by atoms with van der Waals surface area (Å²) in [5, 5.41) is 3.24. The zero-order valence-corrected chi connectivity index (χ0v) is 21.4. The van der Waals surface area contributed by atoms with Crippen LogP contribution in [0.15, 0.2) is 37.1 Å². The minimum absolute atomic E-state index is 0.126. The van der Waals surface area contributed by atoms with Gasteiger partial charge < -0.3 is 19.1 Å². The molecule has 0 saturated carbocycles. The second kappa shape index (κ2) is 9.85. The third-order valence-corrected chi connectivity index (χ3v) is 7.16. The normalized spacial score (nSPS) is 17.7. The van der Waals surface area contributed by atoms with Crippen molar-refractivity contribution in [2.45, 2.75) is 32.2 Å². The molecule has 0 bridgehead atoms. The van der Waals surface area contributed by atoms with Gasteiger partial charge >= 0.3 is 0 Å². The van der Waals surface area contributed by atoms with Crippen molar-refractivity contribution >= 4 is 52.0 Å². The molecule has 1 atom stereocenters. The smallest absolute Gasteiger partial charge is 0.264 e. The summed E-state index contributed by atoms with van der Waals surface area (Å²) in [5.41, 5.74) is 2.73. The molecule has 2 aliphatic heterocycles. The highest BCUT2D eigenvalue weighted by Crippen LogP contribution is 2.45. The maximum absolute atomic E-state index is 13.2. The van der Waals surface area contributed by atoms with Crippen LogP contribution in [0.1, 0.15) is 41.4 Å². The van der Waals surface area contributed by atoms with Gasteiger partial charge in [0.2, 0.25) is 11.9 Å². The summed E-state index contributed by atoms with van der Waals surface area (Å²) >= 11 is 6.91. The average molecular weight is 523 g/mol. The van der Waals surface area contributed by atoms with Gasteiger partial charge in [-0.25, -0.2) is 4.98 Å². The van der Waals surface area contributed by atoms with Crippen LogP contribution in [0.25, 0.3) is 11.0 Å². The number of rotatable bonds is 4. The number of hydrogen-bond donors (Lipinski definition) is 1. The first-order valence-electron chi connectivity index (χ1n) is 12.1. The third-order valence-electron chi connectivity index (χ3n) is 6.81. The van der Waals surface area contributed by atoms with E-state index >= 15 is 0 Å². The van der Waals surface area contributed by atoms with Gasteiger partial charge in [0.15, 0.2) is 12.4 Å². The van der Waals surface area contributed by atoms with Crippen LogP contribution in [0.5, 0.6) is 5.75 Å². The SMILES string of the molecule is C=CC(=O)N1CCCC[C@@H](n2c(NC(=O)c3ccnc(C)c3)nc3cc4c(c(Cl)c32)OCC(=O)N4C)C1. The van der Waals surface area contributed by atoms with Crippen LogP contribution in [-0.2, 0) is 9.59 Å². The number of ether oxygens (including phenoxy) is 1. The van der Waals surface area contributed by atoms with E-state index in [2.05, 4.69) is 16.9 Å². The number of fused-ring (bicyclic) bond motifs is 2. The molecule has 0 radical (unpaired) electrons. The first-order chi connectivity index (χ1) is 17.8. The van der Waals surface area contributed by atoms with Gasteiger partial charge in [0.1, 0.15) is 5.02 Å². The van der Waals surface area contributed by atoms with Gasteiger partial charge in [0.05, 0.1) is 22.8 Å². The lowest BCUT2D eigenvalue weighted by atomic mass is 10.1. The number of nitrogens with zero attached hydrogens (tertiary/aromatic N) is 5. The highest BCUT2D eigenvalue weighted by Gasteiger charge is 2.32. The molecule has 2 aromatic heterocycles. The van der Waals surface area contributed by atoms with Crippen molar-refractivity contribution in [1.82, 2.24) is 19.4 Å². The largest absolute Gasteiger partial charge is 0.480 e. The minimum atomic E-state index is -0.348. The summed E-state index contributed by atoms with van der Waals surface area (Å²) in [6.07, 6.45) is 5.36. The van der Waals surface area contributed by atoms with E-state index in [1.807, 2.05) is 11.5 Å². The van der Waals surface area contributed by atoms with Gasteiger partial charge in [-0.3, -0.25) is 24.7 Å². The Balaban J connectivity index is 1.66. The number of carbonyl (C=O) groups is 3. The summed E-state index contributed by atoms with van der Waals surface area (Å²) in [6.45, 7) is 6.34. The second-order valence-corrected chi connectivity index (χ2v) is 9.61. The Morgan fingerprint density at radius 2 is 2.11 bits per heavy atom.